The topological polar surface area (TPSA) is 108 Å². The third-order valence-electron chi connectivity index (χ3n) is 7.74. The van der Waals surface area contributed by atoms with Crippen LogP contribution in [0.5, 0.6) is 0 Å². The molecule has 0 aromatic carbocycles. The zero-order chi connectivity index (χ0) is 23.0. The Morgan fingerprint density at radius 1 is 1.19 bits per heavy atom. The number of aliphatic hydroxyl groups excluding tert-OH is 1. The van der Waals surface area contributed by atoms with Gasteiger partial charge in [-0.25, -0.2) is 0 Å². The average Bonchev–Trinajstić information content (AvgIpc) is 3.25. The number of unbranched alkanes of at least 4 members (excludes halogenated alkanes) is 1. The molecule has 3 amide bonds. The summed E-state index contributed by atoms with van der Waals surface area (Å²) >= 11 is 0. The lowest BCUT2D eigenvalue weighted by Crippen LogP contribution is -2.58. The van der Waals surface area contributed by atoms with Crippen LogP contribution in [0.4, 0.5) is 0 Å². The van der Waals surface area contributed by atoms with Crippen LogP contribution in [0, 0.1) is 17.8 Å². The van der Waals surface area contributed by atoms with Gasteiger partial charge in [0.25, 0.3) is 0 Å². The molecule has 2 bridgehead atoms. The van der Waals surface area contributed by atoms with Gasteiger partial charge in [0.05, 0.1) is 30.1 Å². The molecule has 3 fully saturated rings. The van der Waals surface area contributed by atoms with Gasteiger partial charge < -0.3 is 25.4 Å². The van der Waals surface area contributed by atoms with Crippen LogP contribution in [-0.2, 0) is 19.1 Å². The van der Waals surface area contributed by atoms with E-state index in [0.29, 0.717) is 25.9 Å². The second kappa shape index (κ2) is 9.06. The van der Waals surface area contributed by atoms with Crippen molar-refractivity contribution in [2.45, 2.75) is 90.0 Å². The van der Waals surface area contributed by atoms with Crippen LogP contribution in [0.15, 0.2) is 0 Å². The minimum Gasteiger partial charge on any atom is -0.394 e. The second-order valence-electron chi connectivity index (χ2n) is 9.63. The van der Waals surface area contributed by atoms with Gasteiger partial charge in [-0.15, -0.1) is 0 Å². The molecule has 3 N–H and O–H groups in total. The van der Waals surface area contributed by atoms with Gasteiger partial charge in [0, 0.05) is 13.1 Å². The highest BCUT2D eigenvalue weighted by molar-refractivity contribution is 5.99. The number of fused-ring (bicyclic) bond motifs is 1. The molecule has 0 aromatic heterocycles. The maximum absolute atomic E-state index is 13.8. The van der Waals surface area contributed by atoms with Crippen LogP contribution < -0.4 is 10.6 Å². The zero-order valence-electron chi connectivity index (χ0n) is 19.6. The number of carbonyl (C=O) groups excluding carboxylic acids is 3. The number of ether oxygens (including phenoxy) is 1. The highest BCUT2D eigenvalue weighted by atomic mass is 16.5. The number of amides is 3. The predicted molar refractivity (Wildman–Crippen MR) is 116 cm³/mol. The van der Waals surface area contributed by atoms with Crippen molar-refractivity contribution in [3.8, 4) is 0 Å². The predicted octanol–water partition coefficient (Wildman–Crippen LogP) is 1.21. The van der Waals surface area contributed by atoms with E-state index in [-0.39, 0.29) is 30.2 Å². The summed E-state index contributed by atoms with van der Waals surface area (Å²) in [6.07, 6.45) is 3.65. The molecule has 31 heavy (non-hydrogen) atoms. The lowest BCUT2D eigenvalue weighted by molar-refractivity contribution is -0.151. The van der Waals surface area contributed by atoms with E-state index in [0.717, 1.165) is 19.3 Å². The highest BCUT2D eigenvalue weighted by Crippen LogP contribution is 2.65. The van der Waals surface area contributed by atoms with Crippen molar-refractivity contribution >= 4 is 17.7 Å². The summed E-state index contributed by atoms with van der Waals surface area (Å²) in [5, 5.41) is 15.9. The first-order chi connectivity index (χ1) is 14.7. The molecule has 0 aromatic rings. The van der Waals surface area contributed by atoms with E-state index in [4.69, 9.17) is 4.74 Å². The van der Waals surface area contributed by atoms with Gasteiger partial charge in [-0.2, -0.15) is 0 Å². The van der Waals surface area contributed by atoms with Crippen molar-refractivity contribution in [3.63, 3.8) is 0 Å². The summed E-state index contributed by atoms with van der Waals surface area (Å²) in [7, 11) is 0. The minimum atomic E-state index is -1.04. The molecule has 176 valence electrons. The fourth-order valence-corrected chi connectivity index (χ4v) is 6.03. The zero-order valence-corrected chi connectivity index (χ0v) is 19.6. The third-order valence-corrected chi connectivity index (χ3v) is 7.74. The number of rotatable bonds is 10. The standard InChI is InChI=1S/C23H39N3O5/c1-6-9-11-25-20(29)18-23-12-14(4)22(5,31-23)16(19(28)24-10-7-2)17(23)21(30)26(18)15(8-3)13-27/h14-18,27H,6-13H2,1-5H3,(H,24,28)(H,25,29)/t14?,15-,16-,17-,18?,22+,23?/m0/s1. The molecular formula is C23H39N3O5. The van der Waals surface area contributed by atoms with Crippen molar-refractivity contribution in [3.05, 3.63) is 0 Å². The summed E-state index contributed by atoms with van der Waals surface area (Å²) in [4.78, 5) is 42.0. The molecule has 3 unspecified atom stereocenters. The van der Waals surface area contributed by atoms with Gasteiger partial charge in [-0.3, -0.25) is 14.4 Å². The molecule has 3 aliphatic heterocycles. The first kappa shape index (κ1) is 24.0. The van der Waals surface area contributed by atoms with Crippen molar-refractivity contribution in [1.82, 2.24) is 15.5 Å². The number of carbonyl (C=O) groups is 3. The van der Waals surface area contributed by atoms with Crippen LogP contribution >= 0.6 is 0 Å². The SMILES string of the molecule is CCCCNC(=O)C1N([C@@H](CC)CO)C(=O)[C@@H]2[C@@H](C(=O)NCCC)[C@]3(C)OC12CC3C. The van der Waals surface area contributed by atoms with E-state index in [2.05, 4.69) is 17.6 Å². The fourth-order valence-electron chi connectivity index (χ4n) is 6.03. The van der Waals surface area contributed by atoms with Gasteiger partial charge in [-0.1, -0.05) is 34.1 Å². The summed E-state index contributed by atoms with van der Waals surface area (Å²) in [6.45, 7) is 10.7. The van der Waals surface area contributed by atoms with Crippen molar-refractivity contribution in [2.75, 3.05) is 19.7 Å². The summed E-state index contributed by atoms with van der Waals surface area (Å²) in [6, 6.07) is -1.33. The average molecular weight is 438 g/mol. The Kier molecular flexibility index (Phi) is 7.01. The van der Waals surface area contributed by atoms with Crippen LogP contribution in [0.1, 0.15) is 66.7 Å². The fraction of sp³-hybridized carbons (Fsp3) is 0.870. The summed E-state index contributed by atoms with van der Waals surface area (Å²) in [5.74, 6) is -2.02. The van der Waals surface area contributed by atoms with Crippen LogP contribution in [0.3, 0.4) is 0 Å². The Balaban J connectivity index is 2.05. The van der Waals surface area contributed by atoms with E-state index in [9.17, 15) is 19.5 Å². The van der Waals surface area contributed by atoms with E-state index in [1.165, 1.54) is 4.90 Å². The van der Waals surface area contributed by atoms with Crippen LogP contribution in [0.25, 0.3) is 0 Å². The largest absolute Gasteiger partial charge is 0.394 e. The number of nitrogens with zero attached hydrogens (tertiary/aromatic N) is 1. The monoisotopic (exact) mass is 437 g/mol. The number of aliphatic hydroxyl groups is 1. The number of nitrogens with one attached hydrogen (secondary N) is 2. The number of hydrogen-bond acceptors (Lipinski definition) is 5. The Bertz CT molecular complexity index is 711. The van der Waals surface area contributed by atoms with Gasteiger partial charge >= 0.3 is 0 Å². The second-order valence-corrected chi connectivity index (χ2v) is 9.63. The van der Waals surface area contributed by atoms with Gasteiger partial charge in [0.1, 0.15) is 11.6 Å². The Labute approximate surface area is 185 Å². The van der Waals surface area contributed by atoms with Crippen molar-refractivity contribution in [2.24, 2.45) is 17.8 Å². The Morgan fingerprint density at radius 3 is 2.45 bits per heavy atom. The number of hydrogen-bond donors (Lipinski definition) is 3. The number of likely N-dealkylation sites (tertiary alicyclic amines) is 1. The van der Waals surface area contributed by atoms with Crippen LogP contribution in [0.2, 0.25) is 0 Å². The lowest BCUT2D eigenvalue weighted by Gasteiger charge is -2.36. The smallest absolute Gasteiger partial charge is 0.245 e. The lowest BCUT2D eigenvalue weighted by atomic mass is 9.62. The van der Waals surface area contributed by atoms with E-state index in [1.54, 1.807) is 0 Å². The molecule has 7 atom stereocenters. The molecule has 3 rings (SSSR count). The minimum absolute atomic E-state index is 0.0222. The summed E-state index contributed by atoms with van der Waals surface area (Å²) in [5.41, 5.74) is -1.84. The van der Waals surface area contributed by atoms with E-state index in [1.807, 2.05) is 27.7 Å². The molecule has 0 radical (unpaired) electrons. The van der Waals surface area contributed by atoms with Gasteiger partial charge in [-0.05, 0) is 38.5 Å². The van der Waals surface area contributed by atoms with Gasteiger partial charge in [0.15, 0.2) is 0 Å². The van der Waals surface area contributed by atoms with E-state index >= 15 is 0 Å². The molecular weight excluding hydrogens is 398 g/mol. The molecule has 1 spiro atoms. The molecule has 3 saturated heterocycles. The molecule has 0 aliphatic carbocycles. The molecule has 3 aliphatic rings. The van der Waals surface area contributed by atoms with Crippen molar-refractivity contribution in [1.29, 1.82) is 0 Å². The first-order valence-electron chi connectivity index (χ1n) is 11.9. The molecule has 3 heterocycles. The molecule has 0 saturated carbocycles. The van der Waals surface area contributed by atoms with Gasteiger partial charge in [0.2, 0.25) is 17.7 Å². The Hall–Kier alpha value is -1.67. The normalized spacial score (nSPS) is 37.1. The summed E-state index contributed by atoms with van der Waals surface area (Å²) < 4.78 is 6.61. The van der Waals surface area contributed by atoms with Crippen LogP contribution in [-0.4, -0.2) is 70.7 Å². The maximum atomic E-state index is 13.8. The first-order valence-corrected chi connectivity index (χ1v) is 11.9. The van der Waals surface area contributed by atoms with E-state index < -0.39 is 35.1 Å². The quantitative estimate of drug-likeness (QED) is 0.445. The molecule has 8 nitrogen and oxygen atoms in total. The van der Waals surface area contributed by atoms with Crippen molar-refractivity contribution < 1.29 is 24.2 Å². The maximum Gasteiger partial charge on any atom is 0.245 e. The highest BCUT2D eigenvalue weighted by Gasteiger charge is 2.80. The molecule has 8 heteroatoms. The third kappa shape index (κ3) is 3.55. The Morgan fingerprint density at radius 2 is 1.87 bits per heavy atom.